The van der Waals surface area contributed by atoms with Crippen LogP contribution in [0.5, 0.6) is 0 Å². The van der Waals surface area contributed by atoms with Gasteiger partial charge in [-0.05, 0) is 89.1 Å². The topological polar surface area (TPSA) is 55.9 Å². The number of rotatable bonds is 9. The third-order valence-corrected chi connectivity index (χ3v) is 7.36. The van der Waals surface area contributed by atoms with E-state index in [1.807, 2.05) is 19.0 Å². The van der Waals surface area contributed by atoms with Crippen molar-refractivity contribution in [2.75, 3.05) is 40.3 Å². The van der Waals surface area contributed by atoms with Crippen molar-refractivity contribution in [2.45, 2.75) is 44.7 Å². The maximum absolute atomic E-state index is 13.8. The van der Waals surface area contributed by atoms with Gasteiger partial charge in [0.15, 0.2) is 0 Å². The zero-order valence-electron chi connectivity index (χ0n) is 21.1. The quantitative estimate of drug-likeness (QED) is 0.555. The van der Waals surface area contributed by atoms with E-state index in [4.69, 9.17) is 0 Å². The lowest BCUT2D eigenvalue weighted by Gasteiger charge is -2.41. The highest BCUT2D eigenvalue weighted by Gasteiger charge is 2.55. The molecule has 0 bridgehead atoms. The summed E-state index contributed by atoms with van der Waals surface area (Å²) in [7, 11) is 3.96. The van der Waals surface area contributed by atoms with E-state index in [0.29, 0.717) is 13.0 Å². The number of carbonyl (C=O) groups excluding carboxylic acids is 2. The average molecular weight is 481 g/mol. The Morgan fingerprint density at radius 1 is 1.06 bits per heavy atom. The highest BCUT2D eigenvalue weighted by molar-refractivity contribution is 6.07. The van der Waals surface area contributed by atoms with Crippen molar-refractivity contribution < 1.29 is 14.0 Å². The SMILES string of the molecule is Cc1cccc(CN2CCC([C@]3(Cc4ccc(F)cc4)NC(=O)N(CCCN(C)C)C3=O)CC2)c1. The van der Waals surface area contributed by atoms with Gasteiger partial charge in [-0.25, -0.2) is 9.18 Å². The summed E-state index contributed by atoms with van der Waals surface area (Å²) in [6.45, 7) is 5.94. The van der Waals surface area contributed by atoms with Crippen LogP contribution in [0, 0.1) is 18.7 Å². The first-order valence-corrected chi connectivity index (χ1v) is 12.6. The van der Waals surface area contributed by atoms with E-state index in [9.17, 15) is 14.0 Å². The summed E-state index contributed by atoms with van der Waals surface area (Å²) in [5, 5.41) is 3.12. The summed E-state index contributed by atoms with van der Waals surface area (Å²) in [6.07, 6.45) is 2.76. The Bertz CT molecular complexity index is 1030. The van der Waals surface area contributed by atoms with Gasteiger partial charge in [0, 0.05) is 19.5 Å². The smallest absolute Gasteiger partial charge is 0.322 e. The minimum absolute atomic E-state index is 0.0246. The standard InChI is InChI=1S/C28H37FN4O2/c1-21-6-4-7-23(18-21)20-32-16-12-24(13-17-32)28(19-22-8-10-25(29)11-9-22)26(34)33(27(35)30-28)15-5-14-31(2)3/h4,6-11,18,24H,5,12-17,19-20H2,1-3H3,(H,30,35)/t28-/m0/s1. The highest BCUT2D eigenvalue weighted by atomic mass is 19.1. The number of imide groups is 1. The second-order valence-electron chi connectivity index (χ2n) is 10.4. The molecule has 2 aromatic rings. The first kappa shape index (κ1) is 25.3. The largest absolute Gasteiger partial charge is 0.325 e. The third-order valence-electron chi connectivity index (χ3n) is 7.36. The summed E-state index contributed by atoms with van der Waals surface area (Å²) < 4.78 is 13.5. The maximum Gasteiger partial charge on any atom is 0.325 e. The molecule has 2 fully saturated rings. The van der Waals surface area contributed by atoms with Crippen LogP contribution in [0.25, 0.3) is 0 Å². The van der Waals surface area contributed by atoms with Crippen molar-refractivity contribution in [1.29, 1.82) is 0 Å². The van der Waals surface area contributed by atoms with Crippen molar-refractivity contribution in [3.63, 3.8) is 0 Å². The van der Waals surface area contributed by atoms with E-state index in [0.717, 1.165) is 51.0 Å². The number of nitrogens with one attached hydrogen (secondary N) is 1. The number of amides is 3. The molecule has 0 unspecified atom stereocenters. The number of benzene rings is 2. The van der Waals surface area contributed by atoms with E-state index in [-0.39, 0.29) is 23.7 Å². The zero-order valence-corrected chi connectivity index (χ0v) is 21.1. The summed E-state index contributed by atoms with van der Waals surface area (Å²) in [5.74, 6) is -0.418. The number of aryl methyl sites for hydroxylation is 1. The molecule has 2 aliphatic heterocycles. The van der Waals surface area contributed by atoms with E-state index in [1.165, 1.54) is 28.2 Å². The molecule has 2 saturated heterocycles. The van der Waals surface area contributed by atoms with E-state index >= 15 is 0 Å². The Balaban J connectivity index is 1.51. The fourth-order valence-electron chi connectivity index (χ4n) is 5.51. The van der Waals surface area contributed by atoms with Gasteiger partial charge < -0.3 is 10.2 Å². The Labute approximate surface area is 208 Å². The average Bonchev–Trinajstić information content (AvgIpc) is 3.06. The number of piperidine rings is 1. The summed E-state index contributed by atoms with van der Waals surface area (Å²) in [5.41, 5.74) is 2.42. The predicted molar refractivity (Wildman–Crippen MR) is 135 cm³/mol. The lowest BCUT2D eigenvalue weighted by Crippen LogP contribution is -2.57. The van der Waals surface area contributed by atoms with Crippen LogP contribution in [0.1, 0.15) is 36.0 Å². The molecular formula is C28H37FN4O2. The minimum atomic E-state index is -0.984. The van der Waals surface area contributed by atoms with E-state index < -0.39 is 5.54 Å². The van der Waals surface area contributed by atoms with Crippen molar-refractivity contribution in [1.82, 2.24) is 20.0 Å². The molecule has 0 radical (unpaired) electrons. The monoisotopic (exact) mass is 480 g/mol. The van der Waals surface area contributed by atoms with Gasteiger partial charge in [-0.1, -0.05) is 42.0 Å². The van der Waals surface area contributed by atoms with E-state index in [2.05, 4.69) is 41.4 Å². The molecule has 0 saturated carbocycles. The summed E-state index contributed by atoms with van der Waals surface area (Å²) >= 11 is 0. The molecule has 3 amide bonds. The van der Waals surface area contributed by atoms with Gasteiger partial charge in [0.2, 0.25) is 0 Å². The number of halogens is 1. The molecule has 2 heterocycles. The number of urea groups is 1. The molecule has 1 atom stereocenters. The molecule has 0 spiro atoms. The molecular weight excluding hydrogens is 443 g/mol. The number of hydrogen-bond donors (Lipinski definition) is 1. The Morgan fingerprint density at radius 2 is 1.77 bits per heavy atom. The van der Waals surface area contributed by atoms with Crippen LogP contribution >= 0.6 is 0 Å². The third kappa shape index (κ3) is 5.90. The molecule has 1 N–H and O–H groups in total. The molecule has 6 nitrogen and oxygen atoms in total. The number of hydrogen-bond acceptors (Lipinski definition) is 4. The lowest BCUT2D eigenvalue weighted by molar-refractivity contribution is -0.134. The Morgan fingerprint density at radius 3 is 2.43 bits per heavy atom. The fourth-order valence-corrected chi connectivity index (χ4v) is 5.51. The molecule has 35 heavy (non-hydrogen) atoms. The van der Waals surface area contributed by atoms with Crippen LogP contribution in [-0.2, 0) is 17.8 Å². The van der Waals surface area contributed by atoms with Crippen LogP contribution in [0.4, 0.5) is 9.18 Å². The molecule has 0 aliphatic carbocycles. The molecule has 0 aromatic heterocycles. The van der Waals surface area contributed by atoms with Gasteiger partial charge in [-0.3, -0.25) is 14.6 Å². The van der Waals surface area contributed by atoms with Crippen molar-refractivity contribution >= 4 is 11.9 Å². The van der Waals surface area contributed by atoms with Crippen molar-refractivity contribution in [2.24, 2.45) is 5.92 Å². The van der Waals surface area contributed by atoms with Crippen LogP contribution < -0.4 is 5.32 Å². The van der Waals surface area contributed by atoms with Crippen LogP contribution in [-0.4, -0.2) is 72.5 Å². The molecule has 2 aliphatic rings. The molecule has 7 heteroatoms. The van der Waals surface area contributed by atoms with Crippen LogP contribution in [0.2, 0.25) is 0 Å². The maximum atomic E-state index is 13.8. The van der Waals surface area contributed by atoms with Crippen molar-refractivity contribution in [3.05, 3.63) is 71.0 Å². The van der Waals surface area contributed by atoms with Gasteiger partial charge in [0.25, 0.3) is 5.91 Å². The number of carbonyl (C=O) groups is 2. The molecule has 2 aromatic carbocycles. The van der Waals surface area contributed by atoms with Crippen LogP contribution in [0.3, 0.4) is 0 Å². The van der Waals surface area contributed by atoms with Crippen LogP contribution in [0.15, 0.2) is 48.5 Å². The van der Waals surface area contributed by atoms with Gasteiger partial charge in [-0.2, -0.15) is 0 Å². The highest BCUT2D eigenvalue weighted by Crippen LogP contribution is 2.37. The first-order chi connectivity index (χ1) is 16.8. The number of nitrogens with zero attached hydrogens (tertiary/aromatic N) is 3. The second kappa shape index (κ2) is 10.9. The van der Waals surface area contributed by atoms with Gasteiger partial charge in [-0.15, -0.1) is 0 Å². The number of likely N-dealkylation sites (tertiary alicyclic amines) is 1. The first-order valence-electron chi connectivity index (χ1n) is 12.6. The fraction of sp³-hybridized carbons (Fsp3) is 0.500. The Hall–Kier alpha value is -2.77. The van der Waals surface area contributed by atoms with Gasteiger partial charge >= 0.3 is 6.03 Å². The second-order valence-corrected chi connectivity index (χ2v) is 10.4. The summed E-state index contributed by atoms with van der Waals surface area (Å²) in [4.78, 5) is 32.7. The van der Waals surface area contributed by atoms with Gasteiger partial charge in [0.05, 0.1) is 0 Å². The lowest BCUT2D eigenvalue weighted by atomic mass is 9.74. The minimum Gasteiger partial charge on any atom is -0.322 e. The van der Waals surface area contributed by atoms with E-state index in [1.54, 1.807) is 12.1 Å². The summed E-state index contributed by atoms with van der Waals surface area (Å²) in [6, 6.07) is 14.5. The van der Waals surface area contributed by atoms with Crippen molar-refractivity contribution in [3.8, 4) is 0 Å². The van der Waals surface area contributed by atoms with Gasteiger partial charge in [0.1, 0.15) is 11.4 Å². The zero-order chi connectivity index (χ0) is 25.0. The molecule has 4 rings (SSSR count). The molecule has 188 valence electrons. The normalized spacial score (nSPS) is 21.7. The predicted octanol–water partition coefficient (Wildman–Crippen LogP) is 3.83. The Kier molecular flexibility index (Phi) is 7.87.